The maximum absolute atomic E-state index is 13.5. The molecule has 2 rings (SSSR count). The molecule has 1 fully saturated rings. The van der Waals surface area contributed by atoms with Crippen molar-refractivity contribution in [1.82, 2.24) is 0 Å². The van der Waals surface area contributed by atoms with E-state index in [0.29, 0.717) is 10.6 Å². The highest BCUT2D eigenvalue weighted by Gasteiger charge is 2.46. The van der Waals surface area contributed by atoms with Crippen molar-refractivity contribution in [2.75, 3.05) is 0 Å². The van der Waals surface area contributed by atoms with Gasteiger partial charge in [0.15, 0.2) is 0 Å². The molecule has 0 spiro atoms. The lowest BCUT2D eigenvalue weighted by Gasteiger charge is -2.09. The number of benzene rings is 1. The van der Waals surface area contributed by atoms with Crippen LogP contribution < -0.4 is 0 Å². The van der Waals surface area contributed by atoms with Gasteiger partial charge in [-0.3, -0.25) is 0 Å². The van der Waals surface area contributed by atoms with Gasteiger partial charge < -0.3 is 0 Å². The predicted octanol–water partition coefficient (Wildman–Crippen LogP) is 3.34. The van der Waals surface area contributed by atoms with E-state index < -0.39 is 5.41 Å². The minimum absolute atomic E-state index is 0.361. The maximum Gasteiger partial charge on any atom is 0.129 e. The van der Waals surface area contributed by atoms with Crippen LogP contribution in [0.3, 0.4) is 0 Å². The smallest absolute Gasteiger partial charge is 0.129 e. The van der Waals surface area contributed by atoms with Gasteiger partial charge in [0, 0.05) is 10.6 Å². The fourth-order valence-electron chi connectivity index (χ4n) is 1.59. The van der Waals surface area contributed by atoms with E-state index in [1.54, 1.807) is 6.07 Å². The minimum atomic E-state index is -0.570. The van der Waals surface area contributed by atoms with E-state index in [-0.39, 0.29) is 5.82 Å². The van der Waals surface area contributed by atoms with Crippen molar-refractivity contribution in [1.29, 1.82) is 5.26 Å². The maximum atomic E-state index is 13.5. The molecule has 1 aromatic carbocycles. The van der Waals surface area contributed by atoms with Crippen molar-refractivity contribution in [3.05, 3.63) is 34.1 Å². The van der Waals surface area contributed by atoms with E-state index in [0.717, 1.165) is 18.4 Å². The molecule has 0 atom stereocenters. The second-order valence-electron chi connectivity index (χ2n) is 3.78. The third kappa shape index (κ3) is 1.29. The quantitative estimate of drug-likeness (QED) is 0.696. The molecule has 0 amide bonds. The molecule has 0 aromatic heterocycles. The van der Waals surface area contributed by atoms with E-state index in [1.165, 1.54) is 6.07 Å². The number of nitrogens with zero attached hydrogens (tertiary/aromatic N) is 1. The monoisotopic (exact) mass is 209 g/mol. The second-order valence-corrected chi connectivity index (χ2v) is 4.18. The Morgan fingerprint density at radius 2 is 2.14 bits per heavy atom. The first kappa shape index (κ1) is 9.48. The highest BCUT2D eigenvalue weighted by molar-refractivity contribution is 6.31. The van der Waals surface area contributed by atoms with Gasteiger partial charge in [-0.15, -0.1) is 0 Å². The second kappa shape index (κ2) is 2.96. The largest absolute Gasteiger partial charge is 0.207 e. The molecule has 1 saturated carbocycles. The summed E-state index contributed by atoms with van der Waals surface area (Å²) in [6, 6.07) is 5.16. The highest BCUT2D eigenvalue weighted by Crippen LogP contribution is 2.49. The summed E-state index contributed by atoms with van der Waals surface area (Å²) in [5.41, 5.74) is 0.755. The zero-order chi connectivity index (χ0) is 10.3. The molecule has 0 N–H and O–H groups in total. The number of rotatable bonds is 1. The highest BCUT2D eigenvalue weighted by atomic mass is 35.5. The number of aryl methyl sites for hydroxylation is 1. The van der Waals surface area contributed by atoms with Gasteiger partial charge in [-0.1, -0.05) is 17.7 Å². The zero-order valence-corrected chi connectivity index (χ0v) is 8.53. The fraction of sp³-hybridized carbons (Fsp3) is 0.364. The van der Waals surface area contributed by atoms with E-state index in [1.807, 2.05) is 6.92 Å². The molecule has 0 unspecified atom stereocenters. The SMILES string of the molecule is Cc1cc(C2(C#N)CC2)c(F)cc1Cl. The molecule has 1 aromatic rings. The van der Waals surface area contributed by atoms with Crippen molar-refractivity contribution >= 4 is 11.6 Å². The Kier molecular flexibility index (Phi) is 2.01. The summed E-state index contributed by atoms with van der Waals surface area (Å²) >= 11 is 5.78. The van der Waals surface area contributed by atoms with Crippen LogP contribution in [0.2, 0.25) is 5.02 Å². The van der Waals surface area contributed by atoms with Crippen molar-refractivity contribution < 1.29 is 4.39 Å². The van der Waals surface area contributed by atoms with Gasteiger partial charge in [0.2, 0.25) is 0 Å². The minimum Gasteiger partial charge on any atom is -0.207 e. The lowest BCUT2D eigenvalue weighted by atomic mass is 9.95. The molecular formula is C11H9ClFN. The Morgan fingerprint density at radius 1 is 1.50 bits per heavy atom. The molecule has 1 nitrogen and oxygen atoms in total. The third-order valence-corrected chi connectivity index (χ3v) is 3.14. The Bertz CT molecular complexity index is 430. The van der Waals surface area contributed by atoms with Crippen LogP contribution in [0.4, 0.5) is 4.39 Å². The Morgan fingerprint density at radius 3 is 2.64 bits per heavy atom. The van der Waals surface area contributed by atoms with Crippen molar-refractivity contribution in [2.24, 2.45) is 0 Å². The molecule has 14 heavy (non-hydrogen) atoms. The topological polar surface area (TPSA) is 23.8 Å². The van der Waals surface area contributed by atoms with Gasteiger partial charge in [-0.05, 0) is 31.4 Å². The predicted molar refractivity (Wildman–Crippen MR) is 52.7 cm³/mol. The van der Waals surface area contributed by atoms with Crippen molar-refractivity contribution in [3.63, 3.8) is 0 Å². The molecule has 0 bridgehead atoms. The van der Waals surface area contributed by atoms with Gasteiger partial charge >= 0.3 is 0 Å². The fourth-order valence-corrected chi connectivity index (χ4v) is 1.74. The summed E-state index contributed by atoms with van der Waals surface area (Å²) in [6.45, 7) is 1.82. The molecule has 1 aliphatic rings. The number of hydrogen-bond donors (Lipinski definition) is 0. The number of hydrogen-bond acceptors (Lipinski definition) is 1. The van der Waals surface area contributed by atoms with Crippen LogP contribution in [0, 0.1) is 24.1 Å². The molecule has 0 aliphatic heterocycles. The van der Waals surface area contributed by atoms with Gasteiger partial charge in [-0.25, -0.2) is 4.39 Å². The Hall–Kier alpha value is -1.07. The number of nitriles is 1. The molecular weight excluding hydrogens is 201 g/mol. The van der Waals surface area contributed by atoms with E-state index in [4.69, 9.17) is 16.9 Å². The van der Waals surface area contributed by atoms with Crippen molar-refractivity contribution in [3.8, 4) is 6.07 Å². The average Bonchev–Trinajstić information content (AvgIpc) is 2.92. The number of halogens is 2. The van der Waals surface area contributed by atoms with Gasteiger partial charge in [0.05, 0.1) is 11.5 Å². The summed E-state index contributed by atoms with van der Waals surface area (Å²) in [7, 11) is 0. The van der Waals surface area contributed by atoms with Crippen LogP contribution in [0.15, 0.2) is 12.1 Å². The summed E-state index contributed by atoms with van der Waals surface area (Å²) in [6.07, 6.45) is 1.50. The normalized spacial score (nSPS) is 17.6. The molecule has 1 aliphatic carbocycles. The standard InChI is InChI=1S/C11H9ClFN/c1-7-4-8(10(13)5-9(7)12)11(6-14)2-3-11/h4-5H,2-3H2,1H3. The first-order chi connectivity index (χ1) is 6.59. The third-order valence-electron chi connectivity index (χ3n) is 2.73. The van der Waals surface area contributed by atoms with Crippen molar-refractivity contribution in [2.45, 2.75) is 25.2 Å². The van der Waals surface area contributed by atoms with Crippen LogP contribution in [-0.4, -0.2) is 0 Å². The molecule has 0 heterocycles. The van der Waals surface area contributed by atoms with Gasteiger partial charge in [0.25, 0.3) is 0 Å². The summed E-state index contributed by atoms with van der Waals surface area (Å²) in [5.74, 6) is -0.361. The van der Waals surface area contributed by atoms with Gasteiger partial charge in [0.1, 0.15) is 5.82 Å². The molecule has 0 radical (unpaired) electrons. The summed E-state index contributed by atoms with van der Waals surface area (Å²) < 4.78 is 13.5. The summed E-state index contributed by atoms with van der Waals surface area (Å²) in [4.78, 5) is 0. The molecule has 0 saturated heterocycles. The Labute approximate surface area is 87.1 Å². The van der Waals surface area contributed by atoms with Crippen LogP contribution in [-0.2, 0) is 5.41 Å². The Balaban J connectivity index is 2.55. The lowest BCUT2D eigenvalue weighted by molar-refractivity contribution is 0.599. The lowest BCUT2D eigenvalue weighted by Crippen LogP contribution is -2.06. The van der Waals surface area contributed by atoms with Crippen LogP contribution in [0.5, 0.6) is 0 Å². The first-order valence-corrected chi connectivity index (χ1v) is 4.84. The van der Waals surface area contributed by atoms with Crippen LogP contribution in [0.1, 0.15) is 24.0 Å². The average molecular weight is 210 g/mol. The molecule has 72 valence electrons. The zero-order valence-electron chi connectivity index (χ0n) is 7.77. The van der Waals surface area contributed by atoms with E-state index in [2.05, 4.69) is 6.07 Å². The molecule has 3 heteroatoms. The first-order valence-electron chi connectivity index (χ1n) is 4.46. The van der Waals surface area contributed by atoms with Crippen LogP contribution in [0.25, 0.3) is 0 Å². The van der Waals surface area contributed by atoms with Gasteiger partial charge in [-0.2, -0.15) is 5.26 Å². The summed E-state index contributed by atoms with van der Waals surface area (Å²) in [5, 5.41) is 9.36. The van der Waals surface area contributed by atoms with E-state index >= 15 is 0 Å². The van der Waals surface area contributed by atoms with Crippen LogP contribution >= 0.6 is 11.6 Å². The van der Waals surface area contributed by atoms with E-state index in [9.17, 15) is 4.39 Å².